The van der Waals surface area contributed by atoms with Crippen molar-refractivity contribution in [2.24, 2.45) is 17.8 Å². The number of fused-ring (bicyclic) bond motifs is 1. The van der Waals surface area contributed by atoms with Crippen molar-refractivity contribution in [3.8, 4) is 0 Å². The number of aliphatic hydroxyl groups excluding tert-OH is 1. The fourth-order valence-electron chi connectivity index (χ4n) is 6.62. The van der Waals surface area contributed by atoms with Crippen molar-refractivity contribution in [1.82, 2.24) is 14.7 Å². The van der Waals surface area contributed by atoms with Gasteiger partial charge in [-0.1, -0.05) is 48.9 Å². The minimum absolute atomic E-state index is 0.0162. The van der Waals surface area contributed by atoms with Crippen molar-refractivity contribution in [2.45, 2.75) is 86.8 Å². The van der Waals surface area contributed by atoms with Gasteiger partial charge in [0.25, 0.3) is 0 Å². The summed E-state index contributed by atoms with van der Waals surface area (Å²) in [6, 6.07) is -1.30. The molecular formula is C28H44BrN3O4S. The van der Waals surface area contributed by atoms with Crippen LogP contribution in [0.4, 0.5) is 0 Å². The topological polar surface area (TPSA) is 81.2 Å². The molecule has 3 saturated heterocycles. The van der Waals surface area contributed by atoms with Gasteiger partial charge in [-0.3, -0.25) is 14.4 Å². The summed E-state index contributed by atoms with van der Waals surface area (Å²) in [4.78, 5) is 48.0. The van der Waals surface area contributed by atoms with Crippen molar-refractivity contribution >= 4 is 45.4 Å². The fourth-order valence-corrected chi connectivity index (χ4v) is 10.2. The van der Waals surface area contributed by atoms with Crippen LogP contribution in [-0.2, 0) is 14.4 Å². The molecule has 1 spiro atoms. The van der Waals surface area contributed by atoms with E-state index in [2.05, 4.69) is 42.9 Å². The third-order valence-corrected chi connectivity index (χ3v) is 11.2. The summed E-state index contributed by atoms with van der Waals surface area (Å²) in [5, 5.41) is 10.4. The number of carbonyl (C=O) groups is 3. The number of amides is 3. The summed E-state index contributed by atoms with van der Waals surface area (Å²) < 4.78 is -0.724. The molecule has 208 valence electrons. The predicted octanol–water partition coefficient (Wildman–Crippen LogP) is 3.71. The molecule has 7 atom stereocenters. The normalized spacial score (nSPS) is 31.1. The number of alkyl halides is 1. The predicted molar refractivity (Wildman–Crippen MR) is 153 cm³/mol. The van der Waals surface area contributed by atoms with Gasteiger partial charge in [0.2, 0.25) is 17.7 Å². The number of aliphatic hydroxyl groups is 1. The van der Waals surface area contributed by atoms with Gasteiger partial charge in [0.05, 0.1) is 29.2 Å². The van der Waals surface area contributed by atoms with Crippen molar-refractivity contribution in [1.29, 1.82) is 0 Å². The number of rotatable bonds is 13. The molecule has 9 heteroatoms. The SMILES string of the molecule is C=CCN(CCC)C(=O)[C@H]1[C@H]2C(=O)N([C@@H](CO)CC(C)C)C(C(=O)N(CC=C)C(C)C)C23CC(Br)[C@@H]1S3. The van der Waals surface area contributed by atoms with Gasteiger partial charge in [0.15, 0.2) is 0 Å². The van der Waals surface area contributed by atoms with Crippen molar-refractivity contribution in [3.05, 3.63) is 25.3 Å². The molecule has 0 aromatic rings. The highest BCUT2D eigenvalue weighted by molar-refractivity contribution is 9.09. The highest BCUT2D eigenvalue weighted by Gasteiger charge is 2.76. The summed E-state index contributed by atoms with van der Waals surface area (Å²) in [5.41, 5.74) is 0. The molecule has 37 heavy (non-hydrogen) atoms. The van der Waals surface area contributed by atoms with Gasteiger partial charge in [0, 0.05) is 35.8 Å². The quantitative estimate of drug-likeness (QED) is 0.258. The zero-order chi connectivity index (χ0) is 27.7. The molecule has 3 aliphatic heterocycles. The first-order valence-corrected chi connectivity index (χ1v) is 15.4. The Balaban J connectivity index is 2.15. The number of likely N-dealkylation sites (tertiary alicyclic amines) is 1. The summed E-state index contributed by atoms with van der Waals surface area (Å²) in [6.45, 7) is 18.9. The molecule has 0 saturated carbocycles. The summed E-state index contributed by atoms with van der Waals surface area (Å²) >= 11 is 5.49. The van der Waals surface area contributed by atoms with Crippen LogP contribution in [0.25, 0.3) is 0 Å². The first kappa shape index (κ1) is 30.2. The van der Waals surface area contributed by atoms with Gasteiger partial charge in [-0.2, -0.15) is 0 Å². The molecule has 3 unspecified atom stereocenters. The second-order valence-corrected chi connectivity index (χ2v) is 14.0. The average Bonchev–Trinajstić information content (AvgIpc) is 3.43. The van der Waals surface area contributed by atoms with Crippen molar-refractivity contribution in [3.63, 3.8) is 0 Å². The maximum atomic E-state index is 14.4. The van der Waals surface area contributed by atoms with Crippen LogP contribution in [0.5, 0.6) is 0 Å². The second kappa shape index (κ2) is 12.2. The number of hydrogen-bond donors (Lipinski definition) is 1. The highest BCUT2D eigenvalue weighted by Crippen LogP contribution is 2.68. The maximum absolute atomic E-state index is 14.4. The van der Waals surface area contributed by atoms with E-state index in [4.69, 9.17) is 0 Å². The van der Waals surface area contributed by atoms with E-state index in [1.54, 1.807) is 38.6 Å². The molecule has 0 aliphatic carbocycles. The molecular weight excluding hydrogens is 554 g/mol. The Morgan fingerprint density at radius 2 is 1.86 bits per heavy atom. The second-order valence-electron chi connectivity index (χ2n) is 11.3. The van der Waals surface area contributed by atoms with Crippen LogP contribution in [0.15, 0.2) is 25.3 Å². The number of thioether (sulfide) groups is 1. The molecule has 1 N–H and O–H groups in total. The Morgan fingerprint density at radius 1 is 1.22 bits per heavy atom. The molecule has 0 aromatic carbocycles. The van der Waals surface area contributed by atoms with Gasteiger partial charge in [0.1, 0.15) is 6.04 Å². The third kappa shape index (κ3) is 5.29. The van der Waals surface area contributed by atoms with Crippen LogP contribution >= 0.6 is 27.7 Å². The van der Waals surface area contributed by atoms with E-state index >= 15 is 0 Å². The lowest BCUT2D eigenvalue weighted by molar-refractivity contribution is -0.147. The molecule has 0 aromatic heterocycles. The minimum atomic E-state index is -0.741. The molecule has 0 radical (unpaired) electrons. The highest BCUT2D eigenvalue weighted by atomic mass is 79.9. The summed E-state index contributed by atoms with van der Waals surface area (Å²) in [6.07, 6.45) is 5.46. The molecule has 7 nitrogen and oxygen atoms in total. The Kier molecular flexibility index (Phi) is 10.0. The smallest absolute Gasteiger partial charge is 0.247 e. The van der Waals surface area contributed by atoms with E-state index in [-0.39, 0.29) is 46.4 Å². The van der Waals surface area contributed by atoms with E-state index in [1.165, 1.54) is 0 Å². The minimum Gasteiger partial charge on any atom is -0.394 e. The van der Waals surface area contributed by atoms with Crippen LogP contribution in [-0.4, -0.2) is 96.7 Å². The molecule has 3 rings (SSSR count). The Bertz CT molecular complexity index is 899. The molecule has 3 heterocycles. The first-order valence-electron chi connectivity index (χ1n) is 13.6. The Labute approximate surface area is 235 Å². The number of carbonyl (C=O) groups excluding carboxylic acids is 3. The number of hydrogen-bond acceptors (Lipinski definition) is 5. The lowest BCUT2D eigenvalue weighted by Crippen LogP contribution is -2.59. The lowest BCUT2D eigenvalue weighted by atomic mass is 9.70. The molecule has 3 aliphatic rings. The zero-order valence-electron chi connectivity index (χ0n) is 22.9. The van der Waals surface area contributed by atoms with Gasteiger partial charge >= 0.3 is 0 Å². The number of nitrogens with zero attached hydrogens (tertiary/aromatic N) is 3. The van der Waals surface area contributed by atoms with Crippen LogP contribution in [0, 0.1) is 17.8 Å². The van der Waals surface area contributed by atoms with E-state index < -0.39 is 28.7 Å². The summed E-state index contributed by atoms with van der Waals surface area (Å²) in [7, 11) is 0. The molecule has 2 bridgehead atoms. The van der Waals surface area contributed by atoms with E-state index in [0.29, 0.717) is 32.5 Å². The lowest BCUT2D eigenvalue weighted by Gasteiger charge is -2.41. The van der Waals surface area contributed by atoms with Gasteiger partial charge in [-0.15, -0.1) is 24.9 Å². The fraction of sp³-hybridized carbons (Fsp3) is 0.750. The first-order chi connectivity index (χ1) is 17.5. The Morgan fingerprint density at radius 3 is 2.38 bits per heavy atom. The standard InChI is InChI=1S/C28H44BrN3O4S/c1-8-11-30(12-9-2)25(34)21-22-26(35)32(19(16-33)14-17(4)5)24(27(36)31(13-10-3)18(6)7)28(22)15-20(29)23(21)37-28/h8,10,17-24,33H,1,3,9,11-16H2,2,4-7H3/t19-,20?,21+,22+,23+,24?,28?/m1/s1. The van der Waals surface area contributed by atoms with Crippen LogP contribution in [0.2, 0.25) is 0 Å². The maximum Gasteiger partial charge on any atom is 0.247 e. The van der Waals surface area contributed by atoms with Crippen LogP contribution in [0.3, 0.4) is 0 Å². The van der Waals surface area contributed by atoms with E-state index in [9.17, 15) is 19.5 Å². The monoisotopic (exact) mass is 597 g/mol. The van der Waals surface area contributed by atoms with E-state index in [1.807, 2.05) is 20.8 Å². The molecule has 3 fully saturated rings. The largest absolute Gasteiger partial charge is 0.394 e. The third-order valence-electron chi connectivity index (χ3n) is 7.98. The molecule has 3 amide bonds. The van der Waals surface area contributed by atoms with Crippen LogP contribution in [0.1, 0.15) is 53.9 Å². The van der Waals surface area contributed by atoms with E-state index in [0.717, 1.165) is 6.42 Å². The average molecular weight is 599 g/mol. The van der Waals surface area contributed by atoms with Gasteiger partial charge < -0.3 is 19.8 Å². The van der Waals surface area contributed by atoms with Crippen LogP contribution < -0.4 is 0 Å². The number of halogens is 1. The van der Waals surface area contributed by atoms with Gasteiger partial charge in [-0.05, 0) is 39.0 Å². The Hall–Kier alpha value is -1.32. The zero-order valence-corrected chi connectivity index (χ0v) is 25.3. The summed E-state index contributed by atoms with van der Waals surface area (Å²) in [5.74, 6) is -1.21. The van der Waals surface area contributed by atoms with Crippen molar-refractivity contribution in [2.75, 3.05) is 26.2 Å². The van der Waals surface area contributed by atoms with Gasteiger partial charge in [-0.25, -0.2) is 0 Å². The van der Waals surface area contributed by atoms with Crippen molar-refractivity contribution < 1.29 is 19.5 Å².